The quantitative estimate of drug-likeness (QED) is 0.732. The first-order valence-corrected chi connectivity index (χ1v) is 4.71. The molecule has 0 spiro atoms. The average Bonchev–Trinajstić information content (AvgIpc) is 2.27. The molecular weight excluding hydrogens is 194 g/mol. The number of methoxy groups -OCH3 is 1. The van der Waals surface area contributed by atoms with Crippen molar-refractivity contribution in [3.05, 3.63) is 29.8 Å². The topological polar surface area (TPSA) is 72.6 Å². The van der Waals surface area contributed by atoms with Crippen LogP contribution in [0.2, 0.25) is 0 Å². The minimum absolute atomic E-state index is 0.141. The van der Waals surface area contributed by atoms with Gasteiger partial charge in [0.05, 0.1) is 7.11 Å². The molecule has 0 fully saturated rings. The summed E-state index contributed by atoms with van der Waals surface area (Å²) in [5.74, 6) is -0.335. The Morgan fingerprint density at radius 1 is 1.47 bits per heavy atom. The lowest BCUT2D eigenvalue weighted by molar-refractivity contribution is -0.147. The molecule has 82 valence electrons. The van der Waals surface area contributed by atoms with E-state index < -0.39 is 11.5 Å². The summed E-state index contributed by atoms with van der Waals surface area (Å²) >= 11 is 0. The van der Waals surface area contributed by atoms with E-state index in [1.807, 2.05) is 6.92 Å². The second-order valence-corrected chi connectivity index (χ2v) is 3.36. The SMILES string of the molecule is CCC(N)(C(=O)OC)c1ccc(O)cc1. The molecule has 0 bridgehead atoms. The van der Waals surface area contributed by atoms with Gasteiger partial charge in [-0.3, -0.25) is 0 Å². The molecule has 0 saturated carbocycles. The maximum atomic E-state index is 11.5. The summed E-state index contributed by atoms with van der Waals surface area (Å²) in [4.78, 5) is 11.5. The fourth-order valence-electron chi connectivity index (χ4n) is 1.41. The van der Waals surface area contributed by atoms with Gasteiger partial charge < -0.3 is 15.6 Å². The smallest absolute Gasteiger partial charge is 0.330 e. The van der Waals surface area contributed by atoms with Gasteiger partial charge in [-0.2, -0.15) is 0 Å². The highest BCUT2D eigenvalue weighted by Gasteiger charge is 2.35. The van der Waals surface area contributed by atoms with Crippen LogP contribution in [0.3, 0.4) is 0 Å². The van der Waals surface area contributed by atoms with Gasteiger partial charge >= 0.3 is 5.97 Å². The minimum atomic E-state index is -1.14. The van der Waals surface area contributed by atoms with Crippen molar-refractivity contribution in [1.82, 2.24) is 0 Å². The minimum Gasteiger partial charge on any atom is -0.508 e. The van der Waals surface area contributed by atoms with Gasteiger partial charge in [-0.15, -0.1) is 0 Å². The number of ether oxygens (including phenoxy) is 1. The Morgan fingerprint density at radius 2 is 2.00 bits per heavy atom. The van der Waals surface area contributed by atoms with Crippen molar-refractivity contribution in [2.24, 2.45) is 5.73 Å². The molecule has 0 heterocycles. The number of hydrogen-bond acceptors (Lipinski definition) is 4. The lowest BCUT2D eigenvalue weighted by Crippen LogP contribution is -2.45. The molecule has 0 aliphatic heterocycles. The van der Waals surface area contributed by atoms with Crippen molar-refractivity contribution in [1.29, 1.82) is 0 Å². The van der Waals surface area contributed by atoms with Gasteiger partial charge in [0.1, 0.15) is 11.3 Å². The predicted molar refractivity (Wildman–Crippen MR) is 56.3 cm³/mol. The van der Waals surface area contributed by atoms with Crippen LogP contribution in [0.15, 0.2) is 24.3 Å². The van der Waals surface area contributed by atoms with E-state index in [1.54, 1.807) is 12.1 Å². The summed E-state index contributed by atoms with van der Waals surface area (Å²) in [7, 11) is 1.31. The first-order valence-electron chi connectivity index (χ1n) is 4.71. The number of hydrogen-bond donors (Lipinski definition) is 2. The third-order valence-corrected chi connectivity index (χ3v) is 2.49. The van der Waals surface area contributed by atoms with Crippen molar-refractivity contribution in [2.75, 3.05) is 7.11 Å². The molecule has 0 aliphatic carbocycles. The van der Waals surface area contributed by atoms with Crippen molar-refractivity contribution in [2.45, 2.75) is 18.9 Å². The molecule has 4 heteroatoms. The largest absolute Gasteiger partial charge is 0.508 e. The van der Waals surface area contributed by atoms with E-state index in [9.17, 15) is 4.79 Å². The molecule has 4 nitrogen and oxygen atoms in total. The Bertz CT molecular complexity index is 347. The number of carbonyl (C=O) groups excluding carboxylic acids is 1. The van der Waals surface area contributed by atoms with Gasteiger partial charge in [0.2, 0.25) is 0 Å². The third-order valence-electron chi connectivity index (χ3n) is 2.49. The number of carbonyl (C=O) groups is 1. The molecule has 0 aromatic heterocycles. The van der Waals surface area contributed by atoms with Crippen LogP contribution in [0.1, 0.15) is 18.9 Å². The molecule has 1 rings (SSSR count). The zero-order valence-electron chi connectivity index (χ0n) is 8.86. The van der Waals surface area contributed by atoms with E-state index in [0.29, 0.717) is 12.0 Å². The molecule has 1 unspecified atom stereocenters. The lowest BCUT2D eigenvalue weighted by atomic mass is 9.88. The lowest BCUT2D eigenvalue weighted by Gasteiger charge is -2.25. The van der Waals surface area contributed by atoms with Crippen LogP contribution in [-0.4, -0.2) is 18.2 Å². The van der Waals surface area contributed by atoms with Crippen molar-refractivity contribution >= 4 is 5.97 Å². The van der Waals surface area contributed by atoms with Crippen LogP contribution in [0.4, 0.5) is 0 Å². The number of nitrogens with two attached hydrogens (primary N) is 1. The molecular formula is C11H15NO3. The fraction of sp³-hybridized carbons (Fsp3) is 0.364. The summed E-state index contributed by atoms with van der Waals surface area (Å²) in [5.41, 5.74) is 5.46. The van der Waals surface area contributed by atoms with Crippen molar-refractivity contribution < 1.29 is 14.6 Å². The Hall–Kier alpha value is -1.55. The highest BCUT2D eigenvalue weighted by Crippen LogP contribution is 2.25. The van der Waals surface area contributed by atoms with E-state index in [1.165, 1.54) is 19.2 Å². The predicted octanol–water partition coefficient (Wildman–Crippen LogP) is 1.13. The molecule has 0 radical (unpaired) electrons. The summed E-state index contributed by atoms with van der Waals surface area (Å²) in [6.07, 6.45) is 0.435. The Labute approximate surface area is 88.7 Å². The van der Waals surface area contributed by atoms with Gasteiger partial charge in [0.25, 0.3) is 0 Å². The van der Waals surface area contributed by atoms with Gasteiger partial charge in [0.15, 0.2) is 0 Å². The summed E-state index contributed by atoms with van der Waals surface area (Å²) in [6.45, 7) is 1.81. The normalized spacial score (nSPS) is 14.3. The van der Waals surface area contributed by atoms with Crippen LogP contribution < -0.4 is 5.73 Å². The van der Waals surface area contributed by atoms with E-state index in [4.69, 9.17) is 10.8 Å². The molecule has 0 saturated heterocycles. The Kier molecular flexibility index (Phi) is 3.31. The van der Waals surface area contributed by atoms with Gasteiger partial charge in [-0.05, 0) is 24.1 Å². The first-order chi connectivity index (χ1) is 7.04. The number of phenols is 1. The van der Waals surface area contributed by atoms with Crippen LogP contribution in [0.5, 0.6) is 5.75 Å². The number of aromatic hydroxyl groups is 1. The maximum absolute atomic E-state index is 11.5. The number of rotatable bonds is 3. The van der Waals surface area contributed by atoms with Crippen molar-refractivity contribution in [3.63, 3.8) is 0 Å². The molecule has 0 aliphatic rings. The van der Waals surface area contributed by atoms with Gasteiger partial charge in [-0.1, -0.05) is 19.1 Å². The van der Waals surface area contributed by atoms with Gasteiger partial charge in [-0.25, -0.2) is 4.79 Å². The first kappa shape index (κ1) is 11.5. The van der Waals surface area contributed by atoms with Gasteiger partial charge in [0, 0.05) is 0 Å². The summed E-state index contributed by atoms with van der Waals surface area (Å²) in [5, 5.41) is 9.13. The number of benzene rings is 1. The molecule has 15 heavy (non-hydrogen) atoms. The fourth-order valence-corrected chi connectivity index (χ4v) is 1.41. The molecule has 1 aromatic rings. The van der Waals surface area contributed by atoms with E-state index in [0.717, 1.165) is 0 Å². The maximum Gasteiger partial charge on any atom is 0.330 e. The molecule has 0 amide bonds. The van der Waals surface area contributed by atoms with Crippen LogP contribution in [0.25, 0.3) is 0 Å². The standard InChI is InChI=1S/C11H15NO3/c1-3-11(12,10(14)15-2)8-4-6-9(13)7-5-8/h4-7,13H,3,12H2,1-2H3. The second-order valence-electron chi connectivity index (χ2n) is 3.36. The zero-order valence-corrected chi connectivity index (χ0v) is 8.86. The zero-order chi connectivity index (χ0) is 11.5. The average molecular weight is 209 g/mol. The summed E-state index contributed by atoms with van der Waals surface area (Å²) < 4.78 is 4.66. The number of esters is 1. The number of phenolic OH excluding ortho intramolecular Hbond substituents is 1. The highest BCUT2D eigenvalue weighted by atomic mass is 16.5. The Morgan fingerprint density at radius 3 is 2.40 bits per heavy atom. The van der Waals surface area contributed by atoms with Crippen molar-refractivity contribution in [3.8, 4) is 5.75 Å². The van der Waals surface area contributed by atoms with E-state index in [-0.39, 0.29) is 5.75 Å². The molecule has 1 atom stereocenters. The van der Waals surface area contributed by atoms with Crippen LogP contribution >= 0.6 is 0 Å². The summed E-state index contributed by atoms with van der Waals surface area (Å²) in [6, 6.07) is 6.23. The molecule has 3 N–H and O–H groups in total. The van der Waals surface area contributed by atoms with Crippen LogP contribution in [0, 0.1) is 0 Å². The van der Waals surface area contributed by atoms with E-state index in [2.05, 4.69) is 4.74 Å². The monoisotopic (exact) mass is 209 g/mol. The highest BCUT2D eigenvalue weighted by molar-refractivity contribution is 5.82. The van der Waals surface area contributed by atoms with Crippen LogP contribution in [-0.2, 0) is 15.1 Å². The van der Waals surface area contributed by atoms with E-state index >= 15 is 0 Å². The third kappa shape index (κ3) is 2.10. The Balaban J connectivity index is 3.11. The molecule has 1 aromatic carbocycles. The second kappa shape index (κ2) is 4.31.